The van der Waals surface area contributed by atoms with Crippen molar-refractivity contribution in [2.45, 2.75) is 82.2 Å². The summed E-state index contributed by atoms with van der Waals surface area (Å²) in [5, 5.41) is 5.86. The molecule has 4 atom stereocenters. The van der Waals surface area contributed by atoms with E-state index in [4.69, 9.17) is 14.2 Å². The van der Waals surface area contributed by atoms with E-state index in [-0.39, 0.29) is 31.7 Å². The molecule has 2 N–H and O–H groups in total. The molecule has 1 aliphatic heterocycles. The molecule has 13 heteroatoms. The number of hydrogen-bond donors (Lipinski definition) is 2. The molecule has 0 bridgehead atoms. The third-order valence-corrected chi connectivity index (χ3v) is 7.91. The number of esters is 1. The van der Waals surface area contributed by atoms with Crippen molar-refractivity contribution in [3.8, 4) is 0 Å². The molecule has 4 rings (SSSR count). The number of hydrogen-bond acceptors (Lipinski definition) is 7. The number of ether oxygens (including phenoxy) is 4. The highest BCUT2D eigenvalue weighted by atomic mass is 19.4. The van der Waals surface area contributed by atoms with Gasteiger partial charge in [0, 0.05) is 19.2 Å². The molecule has 1 amide bonds. The van der Waals surface area contributed by atoms with Crippen LogP contribution in [0.4, 0.5) is 22.0 Å². The van der Waals surface area contributed by atoms with Crippen LogP contribution in [0.2, 0.25) is 0 Å². The molecule has 2 aromatic rings. The van der Waals surface area contributed by atoms with E-state index in [1.807, 2.05) is 30.3 Å². The number of carbonyl (C=O) groups excluding carboxylic acids is 2. The SMILES string of the molecule is O=C(COC(=O)C(F)(F)F)N[C@@H](Cc1cc(F)cc(F)c1)[C@H](OCc1ccccc1)[C@H]1CO[C@H](OCCCC2CCCC2)CN1. The van der Waals surface area contributed by atoms with Crippen molar-refractivity contribution < 1.29 is 50.5 Å². The summed E-state index contributed by atoms with van der Waals surface area (Å²) >= 11 is 0. The lowest BCUT2D eigenvalue weighted by Gasteiger charge is -2.38. The fourth-order valence-corrected chi connectivity index (χ4v) is 5.75. The first-order valence-corrected chi connectivity index (χ1v) is 15.2. The Morgan fingerprint density at radius 2 is 1.73 bits per heavy atom. The normalized spacial score (nSPS) is 20.5. The highest BCUT2D eigenvalue weighted by Gasteiger charge is 2.41. The highest BCUT2D eigenvalue weighted by molar-refractivity contribution is 5.82. The molecule has 248 valence electrons. The maximum Gasteiger partial charge on any atom is 0.490 e. The molecule has 8 nitrogen and oxygen atoms in total. The Labute approximate surface area is 258 Å². The fourth-order valence-electron chi connectivity index (χ4n) is 5.75. The van der Waals surface area contributed by atoms with E-state index in [0.29, 0.717) is 12.7 Å². The maximum absolute atomic E-state index is 14.1. The largest absolute Gasteiger partial charge is 0.490 e. The van der Waals surface area contributed by atoms with Crippen LogP contribution in [0, 0.1) is 17.6 Å². The van der Waals surface area contributed by atoms with Gasteiger partial charge in [0.25, 0.3) is 5.91 Å². The Kier molecular flexibility index (Phi) is 13.1. The van der Waals surface area contributed by atoms with Gasteiger partial charge in [0.1, 0.15) is 11.6 Å². The maximum atomic E-state index is 14.1. The third kappa shape index (κ3) is 11.6. The predicted molar refractivity (Wildman–Crippen MR) is 153 cm³/mol. The molecule has 2 fully saturated rings. The highest BCUT2D eigenvalue weighted by Crippen LogP contribution is 2.28. The van der Waals surface area contributed by atoms with E-state index in [2.05, 4.69) is 15.4 Å². The van der Waals surface area contributed by atoms with Gasteiger partial charge in [-0.05, 0) is 48.4 Å². The van der Waals surface area contributed by atoms with Crippen LogP contribution in [0.25, 0.3) is 0 Å². The average Bonchev–Trinajstić information content (AvgIpc) is 3.52. The number of carbonyl (C=O) groups is 2. The van der Waals surface area contributed by atoms with E-state index in [1.54, 1.807) is 0 Å². The predicted octanol–water partition coefficient (Wildman–Crippen LogP) is 4.98. The summed E-state index contributed by atoms with van der Waals surface area (Å²) in [6, 6.07) is 10.4. The molecular formula is C32H39F5N2O6. The molecule has 1 saturated carbocycles. The van der Waals surface area contributed by atoms with E-state index in [9.17, 15) is 31.5 Å². The third-order valence-electron chi connectivity index (χ3n) is 7.91. The van der Waals surface area contributed by atoms with Gasteiger partial charge in [-0.3, -0.25) is 4.79 Å². The minimum Gasteiger partial charge on any atom is -0.449 e. The Balaban J connectivity index is 1.45. The van der Waals surface area contributed by atoms with Crippen molar-refractivity contribution in [3.05, 3.63) is 71.3 Å². The quantitative estimate of drug-likeness (QED) is 0.161. The molecule has 0 unspecified atom stereocenters. The van der Waals surface area contributed by atoms with Gasteiger partial charge >= 0.3 is 12.1 Å². The van der Waals surface area contributed by atoms with E-state index in [0.717, 1.165) is 36.5 Å². The van der Waals surface area contributed by atoms with Gasteiger partial charge in [-0.15, -0.1) is 0 Å². The molecule has 45 heavy (non-hydrogen) atoms. The zero-order valence-corrected chi connectivity index (χ0v) is 24.8. The van der Waals surface area contributed by atoms with Crippen LogP contribution in [-0.4, -0.2) is 68.9 Å². The number of halogens is 5. The smallest absolute Gasteiger partial charge is 0.449 e. The summed E-state index contributed by atoms with van der Waals surface area (Å²) in [7, 11) is 0. The molecule has 1 saturated heterocycles. The van der Waals surface area contributed by atoms with Gasteiger partial charge in [0.15, 0.2) is 12.9 Å². The lowest BCUT2D eigenvalue weighted by molar-refractivity contribution is -0.200. The van der Waals surface area contributed by atoms with Crippen LogP contribution in [0.1, 0.15) is 49.7 Å². The average molecular weight is 643 g/mol. The first-order chi connectivity index (χ1) is 21.6. The van der Waals surface area contributed by atoms with E-state index < -0.39 is 60.8 Å². The first kappa shape index (κ1) is 34.7. The molecule has 2 aromatic carbocycles. The number of alkyl halides is 3. The molecule has 0 aromatic heterocycles. The number of rotatable bonds is 15. The molecule has 0 spiro atoms. The Morgan fingerprint density at radius 3 is 2.38 bits per heavy atom. The summed E-state index contributed by atoms with van der Waals surface area (Å²) < 4.78 is 88.3. The topological polar surface area (TPSA) is 95.1 Å². The van der Waals surface area contributed by atoms with Gasteiger partial charge in [-0.2, -0.15) is 13.2 Å². The fraction of sp³-hybridized carbons (Fsp3) is 0.562. The van der Waals surface area contributed by atoms with Crippen LogP contribution in [0.5, 0.6) is 0 Å². The second-order valence-electron chi connectivity index (χ2n) is 11.4. The molecule has 1 aliphatic carbocycles. The summed E-state index contributed by atoms with van der Waals surface area (Å²) in [6.07, 6.45) is 0.261. The summed E-state index contributed by atoms with van der Waals surface area (Å²) in [6.45, 7) is -0.222. The van der Waals surface area contributed by atoms with Crippen LogP contribution in [0.3, 0.4) is 0 Å². The van der Waals surface area contributed by atoms with Crippen molar-refractivity contribution in [1.29, 1.82) is 0 Å². The van der Waals surface area contributed by atoms with Crippen LogP contribution < -0.4 is 10.6 Å². The van der Waals surface area contributed by atoms with Crippen LogP contribution in [-0.2, 0) is 41.6 Å². The van der Waals surface area contributed by atoms with Gasteiger partial charge in [-0.25, -0.2) is 13.6 Å². The lowest BCUT2D eigenvalue weighted by atomic mass is 9.95. The zero-order valence-electron chi connectivity index (χ0n) is 24.8. The summed E-state index contributed by atoms with van der Waals surface area (Å²) in [5.74, 6) is -4.51. The summed E-state index contributed by atoms with van der Waals surface area (Å²) in [5.41, 5.74) is 0.960. The Bertz CT molecular complexity index is 1200. The second-order valence-corrected chi connectivity index (χ2v) is 11.4. The van der Waals surface area contributed by atoms with Crippen molar-refractivity contribution in [3.63, 3.8) is 0 Å². The number of benzene rings is 2. The van der Waals surface area contributed by atoms with Gasteiger partial charge < -0.3 is 29.6 Å². The standard InChI is InChI=1S/C32H39F5N2O6/c33-24-13-23(14-25(34)16-24)15-26(39-28(40)20-45-31(41)32(35,36)37)30(44-18-22-9-2-1-3-10-22)27-19-43-29(17-38-27)42-12-6-11-21-7-4-5-8-21/h1-3,9-10,13-14,16,21,26-27,29-30,38H,4-8,11-12,15,17-20H2,(H,39,40)/t26-,27+,29-,30-/m0/s1. The van der Waals surface area contributed by atoms with Gasteiger partial charge in [0.2, 0.25) is 0 Å². The van der Waals surface area contributed by atoms with Crippen LogP contribution >= 0.6 is 0 Å². The van der Waals surface area contributed by atoms with Crippen molar-refractivity contribution >= 4 is 11.9 Å². The minimum absolute atomic E-state index is 0.0811. The van der Waals surface area contributed by atoms with E-state index in [1.165, 1.54) is 25.7 Å². The molecule has 1 heterocycles. The number of morpholine rings is 1. The van der Waals surface area contributed by atoms with E-state index >= 15 is 0 Å². The summed E-state index contributed by atoms with van der Waals surface area (Å²) in [4.78, 5) is 23.9. The zero-order chi connectivity index (χ0) is 32.2. The van der Waals surface area contributed by atoms with Gasteiger partial charge in [0.05, 0.1) is 31.4 Å². The Hall–Kier alpha value is -3.13. The number of nitrogens with one attached hydrogen (secondary N) is 2. The number of amides is 1. The molecular weight excluding hydrogens is 603 g/mol. The second kappa shape index (κ2) is 17.0. The molecule has 0 radical (unpaired) electrons. The Morgan fingerprint density at radius 1 is 1.02 bits per heavy atom. The van der Waals surface area contributed by atoms with Crippen LogP contribution in [0.15, 0.2) is 48.5 Å². The van der Waals surface area contributed by atoms with Crippen molar-refractivity contribution in [2.24, 2.45) is 5.92 Å². The van der Waals surface area contributed by atoms with Crippen molar-refractivity contribution in [1.82, 2.24) is 10.6 Å². The minimum atomic E-state index is -5.28. The first-order valence-electron chi connectivity index (χ1n) is 15.2. The molecule has 2 aliphatic rings. The monoisotopic (exact) mass is 642 g/mol. The lowest BCUT2D eigenvalue weighted by Crippen LogP contribution is -2.60. The van der Waals surface area contributed by atoms with Crippen molar-refractivity contribution in [2.75, 3.05) is 26.4 Å². The van der Waals surface area contributed by atoms with Gasteiger partial charge in [-0.1, -0.05) is 56.0 Å².